The molecule has 2 saturated carbocycles. The van der Waals surface area contributed by atoms with Crippen LogP contribution in [-0.4, -0.2) is 64.8 Å². The number of amides is 3. The summed E-state index contributed by atoms with van der Waals surface area (Å²) >= 11 is 13.1. The van der Waals surface area contributed by atoms with Crippen LogP contribution in [0.5, 0.6) is 11.5 Å². The third-order valence-electron chi connectivity index (χ3n) is 8.10. The van der Waals surface area contributed by atoms with Gasteiger partial charge < -0.3 is 24.8 Å². The lowest BCUT2D eigenvalue weighted by Crippen LogP contribution is -2.62. The largest absolute Gasteiger partial charge is 0.488 e. The lowest BCUT2D eigenvalue weighted by molar-refractivity contribution is -0.133. The van der Waals surface area contributed by atoms with Crippen LogP contribution in [0.3, 0.4) is 0 Å². The maximum Gasteiger partial charge on any atom is 0.411 e. The van der Waals surface area contributed by atoms with E-state index in [1.54, 1.807) is 69.3 Å². The van der Waals surface area contributed by atoms with E-state index in [1.165, 1.54) is 0 Å². The van der Waals surface area contributed by atoms with Gasteiger partial charge in [0.15, 0.2) is 0 Å². The molecule has 264 valence electrons. The van der Waals surface area contributed by atoms with Gasteiger partial charge in [0.2, 0.25) is 11.8 Å². The summed E-state index contributed by atoms with van der Waals surface area (Å²) in [5, 5.41) is 25.8. The smallest absolute Gasteiger partial charge is 0.411 e. The Hall–Kier alpha value is -4.71. The Balaban J connectivity index is 1.84. The fourth-order valence-corrected chi connectivity index (χ4v) is 5.67. The number of nitrogens with one attached hydrogen (secondary N) is 2. The van der Waals surface area contributed by atoms with Crippen LogP contribution in [0.15, 0.2) is 61.7 Å². The Bertz CT molecular complexity index is 1610. The molecular formula is C37H41Cl2N5O6. The van der Waals surface area contributed by atoms with E-state index in [0.717, 1.165) is 4.90 Å². The minimum Gasteiger partial charge on any atom is -0.488 e. The highest BCUT2D eigenvalue weighted by atomic mass is 35.5. The van der Waals surface area contributed by atoms with Crippen molar-refractivity contribution >= 4 is 41.1 Å². The van der Waals surface area contributed by atoms with Gasteiger partial charge in [-0.05, 0) is 81.8 Å². The van der Waals surface area contributed by atoms with Gasteiger partial charge in [-0.15, -0.1) is 0 Å². The highest BCUT2D eigenvalue weighted by molar-refractivity contribution is 6.32. The number of rotatable bonds is 16. The Labute approximate surface area is 302 Å². The van der Waals surface area contributed by atoms with Gasteiger partial charge >= 0.3 is 6.09 Å². The fourth-order valence-electron chi connectivity index (χ4n) is 5.16. The topological polar surface area (TPSA) is 154 Å². The highest BCUT2D eigenvalue weighted by Crippen LogP contribution is 2.37. The van der Waals surface area contributed by atoms with Crippen molar-refractivity contribution in [2.75, 3.05) is 13.2 Å². The van der Waals surface area contributed by atoms with Gasteiger partial charge in [-0.3, -0.25) is 14.5 Å². The average molecular weight is 723 g/mol. The van der Waals surface area contributed by atoms with Crippen LogP contribution < -0.4 is 20.1 Å². The maximum absolute atomic E-state index is 14.3. The second-order valence-electron chi connectivity index (χ2n) is 13.4. The lowest BCUT2D eigenvalue weighted by Gasteiger charge is -2.38. The van der Waals surface area contributed by atoms with Gasteiger partial charge in [-0.25, -0.2) is 4.79 Å². The van der Waals surface area contributed by atoms with E-state index in [0.29, 0.717) is 48.3 Å². The second-order valence-corrected chi connectivity index (χ2v) is 14.2. The Morgan fingerprint density at radius 1 is 0.840 bits per heavy atom. The normalized spacial score (nSPS) is 16.2. The molecule has 2 N–H and O–H groups in total. The van der Waals surface area contributed by atoms with Crippen LogP contribution in [-0.2, 0) is 27.2 Å². The molecule has 2 aromatic carbocycles. The zero-order chi connectivity index (χ0) is 36.7. The first-order valence-corrected chi connectivity index (χ1v) is 17.0. The molecule has 2 aliphatic rings. The number of nitriles is 2. The van der Waals surface area contributed by atoms with E-state index in [1.807, 2.05) is 0 Å². The number of ether oxygens (including phenoxy) is 3. The Morgan fingerprint density at radius 2 is 1.24 bits per heavy atom. The summed E-state index contributed by atoms with van der Waals surface area (Å²) in [6.45, 7) is 12.7. The second kappa shape index (κ2) is 15.9. The van der Waals surface area contributed by atoms with Crippen molar-refractivity contribution in [2.45, 2.75) is 88.1 Å². The summed E-state index contributed by atoms with van der Waals surface area (Å²) < 4.78 is 17.1. The van der Waals surface area contributed by atoms with E-state index in [2.05, 4.69) is 35.9 Å². The van der Waals surface area contributed by atoms with Gasteiger partial charge in [0.05, 0.1) is 22.2 Å². The van der Waals surface area contributed by atoms with E-state index < -0.39 is 46.7 Å². The van der Waals surface area contributed by atoms with Crippen LogP contribution in [0.4, 0.5) is 4.79 Å². The standard InChI is InChI=1S/C37H41Cl2N5O6/c1-6-16-48-30-10-8-24(18-26(30)38)20-28(32(45)42-36(22-40)12-13-36)44(34(47)50-35(3,4)5)29(33(46)43-37(23-41)14-15-37)21-25-9-11-31(27(39)19-25)49-17-7-2/h6-11,18-19,28-29H,1-2,12-17,20-21H2,3-5H3,(H,42,45)(H,43,46)/t28-,29-/m0/s1. The number of benzene rings is 2. The van der Waals surface area contributed by atoms with Crippen molar-refractivity contribution in [3.8, 4) is 23.6 Å². The van der Waals surface area contributed by atoms with Crippen LogP contribution in [0.2, 0.25) is 10.0 Å². The first-order chi connectivity index (χ1) is 23.7. The molecule has 0 unspecified atom stereocenters. The molecule has 50 heavy (non-hydrogen) atoms. The van der Waals surface area contributed by atoms with Crippen LogP contribution in [0.1, 0.15) is 57.6 Å². The van der Waals surface area contributed by atoms with Crippen LogP contribution in [0, 0.1) is 22.7 Å². The molecule has 3 amide bonds. The van der Waals surface area contributed by atoms with Crippen LogP contribution >= 0.6 is 23.2 Å². The van der Waals surface area contributed by atoms with Crippen molar-refractivity contribution in [1.29, 1.82) is 10.5 Å². The van der Waals surface area contributed by atoms with Crippen LogP contribution in [0.25, 0.3) is 0 Å². The fraction of sp³-hybridized carbons (Fsp3) is 0.432. The summed E-state index contributed by atoms with van der Waals surface area (Å²) in [7, 11) is 0. The SMILES string of the molecule is C=CCOc1ccc(C[C@@H](C(=O)NC2(C#N)CC2)N(C(=O)OC(C)(C)C)[C@@H](Cc2ccc(OCC=C)c(Cl)c2)C(=O)NC2(C#N)CC2)cc1Cl. The molecule has 0 spiro atoms. The molecule has 0 saturated heterocycles. The maximum atomic E-state index is 14.3. The van der Waals surface area contributed by atoms with E-state index >= 15 is 0 Å². The molecule has 11 nitrogen and oxygen atoms in total. The average Bonchev–Trinajstić information content (AvgIpc) is 4.00. The highest BCUT2D eigenvalue weighted by Gasteiger charge is 2.50. The first-order valence-electron chi connectivity index (χ1n) is 16.2. The minimum absolute atomic E-state index is 0.115. The molecule has 2 atom stereocenters. The third-order valence-corrected chi connectivity index (χ3v) is 8.69. The molecule has 0 heterocycles. The molecule has 2 fully saturated rings. The van der Waals surface area contributed by atoms with Gasteiger partial charge in [-0.2, -0.15) is 10.5 Å². The molecule has 2 aliphatic carbocycles. The molecular weight excluding hydrogens is 681 g/mol. The van der Waals surface area contributed by atoms with Crippen molar-refractivity contribution in [1.82, 2.24) is 15.5 Å². The van der Waals surface area contributed by atoms with E-state index in [-0.39, 0.29) is 36.1 Å². The molecule has 4 rings (SSSR count). The van der Waals surface area contributed by atoms with Crippen molar-refractivity contribution in [3.05, 3.63) is 82.9 Å². The number of carbonyl (C=O) groups is 3. The lowest BCUT2D eigenvalue weighted by atomic mass is 9.97. The molecule has 0 radical (unpaired) electrons. The summed E-state index contributed by atoms with van der Waals surface area (Å²) in [5.74, 6) is -0.544. The molecule has 0 aliphatic heterocycles. The van der Waals surface area contributed by atoms with Crippen molar-refractivity contribution in [2.24, 2.45) is 0 Å². The predicted molar refractivity (Wildman–Crippen MR) is 189 cm³/mol. The van der Waals surface area contributed by atoms with Crippen molar-refractivity contribution in [3.63, 3.8) is 0 Å². The van der Waals surface area contributed by atoms with Crippen molar-refractivity contribution < 1.29 is 28.6 Å². The molecule has 2 aromatic rings. The quantitative estimate of drug-likeness (QED) is 0.194. The number of nitrogens with zero attached hydrogens (tertiary/aromatic N) is 3. The van der Waals surface area contributed by atoms with Gasteiger partial charge in [-0.1, -0.05) is 60.6 Å². The zero-order valence-electron chi connectivity index (χ0n) is 28.4. The Morgan fingerprint density at radius 3 is 1.54 bits per heavy atom. The zero-order valence-corrected chi connectivity index (χ0v) is 29.9. The predicted octanol–water partition coefficient (Wildman–Crippen LogP) is 6.23. The number of hydrogen-bond acceptors (Lipinski definition) is 8. The van der Waals surface area contributed by atoms with E-state index in [4.69, 9.17) is 37.4 Å². The summed E-state index contributed by atoms with van der Waals surface area (Å²) in [6.07, 6.45) is 3.70. The summed E-state index contributed by atoms with van der Waals surface area (Å²) in [6, 6.07) is 11.4. The third kappa shape index (κ3) is 9.93. The number of carbonyl (C=O) groups excluding carboxylic acids is 3. The number of hydrogen-bond donors (Lipinski definition) is 2. The van der Waals surface area contributed by atoms with Gasteiger partial charge in [0.1, 0.15) is 53.5 Å². The summed E-state index contributed by atoms with van der Waals surface area (Å²) in [5.41, 5.74) is -2.13. The minimum atomic E-state index is -1.37. The first kappa shape index (κ1) is 38.1. The van der Waals surface area contributed by atoms with E-state index in [9.17, 15) is 24.9 Å². The molecule has 0 aromatic heterocycles. The molecule has 13 heteroatoms. The number of halogens is 2. The van der Waals surface area contributed by atoms with Gasteiger partial charge in [0.25, 0.3) is 0 Å². The molecule has 0 bridgehead atoms. The Kier molecular flexibility index (Phi) is 12.1. The van der Waals surface area contributed by atoms with Gasteiger partial charge in [0, 0.05) is 12.8 Å². The summed E-state index contributed by atoms with van der Waals surface area (Å²) in [4.78, 5) is 44.0. The monoisotopic (exact) mass is 721 g/mol.